The van der Waals surface area contributed by atoms with Crippen molar-refractivity contribution in [1.82, 2.24) is 19.9 Å². The van der Waals surface area contributed by atoms with Crippen molar-refractivity contribution in [1.29, 1.82) is 0 Å². The molecule has 2 aromatic heterocycles. The number of piperazine rings is 1. The molecule has 182 valence electrons. The van der Waals surface area contributed by atoms with Crippen molar-refractivity contribution >= 4 is 44.9 Å². The Morgan fingerprint density at radius 1 is 1.00 bits per heavy atom. The second-order valence-electron chi connectivity index (χ2n) is 9.23. The highest BCUT2D eigenvalue weighted by molar-refractivity contribution is 7.18. The second-order valence-corrected chi connectivity index (χ2v) is 10.5. The van der Waals surface area contributed by atoms with E-state index in [9.17, 15) is 9.59 Å². The van der Waals surface area contributed by atoms with Gasteiger partial charge in [-0.05, 0) is 25.1 Å². The molecule has 36 heavy (non-hydrogen) atoms. The zero-order valence-corrected chi connectivity index (χ0v) is 20.8. The van der Waals surface area contributed by atoms with Crippen molar-refractivity contribution in [2.24, 2.45) is 5.92 Å². The molecule has 2 amide bonds. The SMILES string of the molecule is Cc1nc2cc(N3CC(C(=O)N4CCN(c5cc(-c6ccccc6)ncn5)CC4)CC3=O)ccc2s1. The predicted octanol–water partition coefficient (Wildman–Crippen LogP) is 3.76. The summed E-state index contributed by atoms with van der Waals surface area (Å²) in [7, 11) is 0. The van der Waals surface area contributed by atoms with Gasteiger partial charge < -0.3 is 14.7 Å². The Kier molecular flexibility index (Phi) is 5.85. The first-order valence-corrected chi connectivity index (χ1v) is 13.0. The smallest absolute Gasteiger partial charge is 0.228 e. The van der Waals surface area contributed by atoms with E-state index < -0.39 is 0 Å². The molecule has 2 saturated heterocycles. The fraction of sp³-hybridized carbons (Fsp3) is 0.296. The van der Waals surface area contributed by atoms with Crippen molar-refractivity contribution < 1.29 is 9.59 Å². The Hall–Kier alpha value is -3.85. The van der Waals surface area contributed by atoms with E-state index in [4.69, 9.17) is 0 Å². The number of nitrogens with zero attached hydrogens (tertiary/aromatic N) is 6. The summed E-state index contributed by atoms with van der Waals surface area (Å²) in [6.07, 6.45) is 1.84. The van der Waals surface area contributed by atoms with Gasteiger partial charge in [0.1, 0.15) is 12.1 Å². The monoisotopic (exact) mass is 498 g/mol. The highest BCUT2D eigenvalue weighted by atomic mass is 32.1. The molecule has 8 nitrogen and oxygen atoms in total. The maximum absolute atomic E-state index is 13.3. The molecule has 1 unspecified atom stereocenters. The Bertz CT molecular complexity index is 1430. The van der Waals surface area contributed by atoms with E-state index in [1.165, 1.54) is 0 Å². The molecular formula is C27H26N6O2S. The Labute approximate surface area is 213 Å². The quantitative estimate of drug-likeness (QED) is 0.426. The molecule has 0 N–H and O–H groups in total. The van der Waals surface area contributed by atoms with Crippen LogP contribution in [0.5, 0.6) is 0 Å². The van der Waals surface area contributed by atoms with Gasteiger partial charge >= 0.3 is 0 Å². The Balaban J connectivity index is 1.10. The molecule has 0 radical (unpaired) electrons. The summed E-state index contributed by atoms with van der Waals surface area (Å²) >= 11 is 1.64. The molecule has 0 spiro atoms. The second kappa shape index (κ2) is 9.31. The minimum atomic E-state index is -0.319. The van der Waals surface area contributed by atoms with Gasteiger partial charge in [0.05, 0.1) is 26.8 Å². The number of thiazole rings is 1. The number of hydrogen-bond donors (Lipinski definition) is 0. The van der Waals surface area contributed by atoms with Crippen LogP contribution >= 0.6 is 11.3 Å². The molecular weight excluding hydrogens is 472 g/mol. The van der Waals surface area contributed by atoms with Crippen LogP contribution in [0.2, 0.25) is 0 Å². The fourth-order valence-corrected chi connectivity index (χ4v) is 5.83. The van der Waals surface area contributed by atoms with Crippen LogP contribution in [0.4, 0.5) is 11.5 Å². The summed E-state index contributed by atoms with van der Waals surface area (Å²) in [5.41, 5.74) is 3.65. The largest absolute Gasteiger partial charge is 0.353 e. The topological polar surface area (TPSA) is 82.5 Å². The van der Waals surface area contributed by atoms with Crippen LogP contribution in [0.15, 0.2) is 60.9 Å². The van der Waals surface area contributed by atoms with Gasteiger partial charge in [0.2, 0.25) is 11.8 Å². The first kappa shape index (κ1) is 22.6. The highest BCUT2D eigenvalue weighted by Gasteiger charge is 2.38. The number of carbonyl (C=O) groups excluding carboxylic acids is 2. The lowest BCUT2D eigenvalue weighted by molar-refractivity contribution is -0.136. The number of aryl methyl sites for hydroxylation is 1. The van der Waals surface area contributed by atoms with Gasteiger partial charge in [0, 0.05) is 56.5 Å². The summed E-state index contributed by atoms with van der Waals surface area (Å²) in [4.78, 5) is 45.4. The summed E-state index contributed by atoms with van der Waals surface area (Å²) in [6.45, 7) is 5.00. The van der Waals surface area contributed by atoms with Gasteiger partial charge in [-0.3, -0.25) is 9.59 Å². The van der Waals surface area contributed by atoms with Gasteiger partial charge in [-0.2, -0.15) is 0 Å². The lowest BCUT2D eigenvalue weighted by Gasteiger charge is -2.36. The molecule has 2 aromatic carbocycles. The van der Waals surface area contributed by atoms with Crippen molar-refractivity contribution in [2.75, 3.05) is 42.5 Å². The van der Waals surface area contributed by atoms with Gasteiger partial charge in [-0.25, -0.2) is 15.0 Å². The molecule has 0 saturated carbocycles. The maximum Gasteiger partial charge on any atom is 0.228 e. The van der Waals surface area contributed by atoms with E-state index in [0.29, 0.717) is 32.7 Å². The Morgan fingerprint density at radius 2 is 1.81 bits per heavy atom. The molecule has 1 atom stereocenters. The molecule has 4 aromatic rings. The van der Waals surface area contributed by atoms with E-state index in [2.05, 4.69) is 19.9 Å². The number of aromatic nitrogens is 3. The van der Waals surface area contributed by atoms with Crippen LogP contribution in [0.3, 0.4) is 0 Å². The molecule has 2 aliphatic heterocycles. The van der Waals surface area contributed by atoms with Crippen molar-refractivity contribution in [3.63, 3.8) is 0 Å². The number of amides is 2. The zero-order valence-electron chi connectivity index (χ0n) is 20.0. The highest BCUT2D eigenvalue weighted by Crippen LogP contribution is 2.31. The number of fused-ring (bicyclic) bond motifs is 1. The average Bonchev–Trinajstić information content (AvgIpc) is 3.50. The minimum Gasteiger partial charge on any atom is -0.353 e. The van der Waals surface area contributed by atoms with E-state index in [0.717, 1.165) is 38.0 Å². The van der Waals surface area contributed by atoms with Crippen molar-refractivity contribution in [3.8, 4) is 11.3 Å². The number of anilines is 2. The molecule has 9 heteroatoms. The van der Waals surface area contributed by atoms with Crippen LogP contribution in [-0.4, -0.2) is 64.4 Å². The van der Waals surface area contributed by atoms with Crippen LogP contribution in [0.1, 0.15) is 11.4 Å². The van der Waals surface area contributed by atoms with Gasteiger partial charge in [-0.1, -0.05) is 30.3 Å². The molecule has 6 rings (SSSR count). The van der Waals surface area contributed by atoms with Gasteiger partial charge in [-0.15, -0.1) is 11.3 Å². The van der Waals surface area contributed by atoms with Crippen LogP contribution in [0, 0.1) is 12.8 Å². The normalized spacial score (nSPS) is 18.3. The zero-order chi connectivity index (χ0) is 24.6. The Morgan fingerprint density at radius 3 is 2.61 bits per heavy atom. The summed E-state index contributed by atoms with van der Waals surface area (Å²) in [5.74, 6) is 0.600. The minimum absolute atomic E-state index is 0.00675. The first-order chi connectivity index (χ1) is 17.5. The standard InChI is InChI=1S/C27H26N6O2S/c1-18-30-23-14-21(7-8-24(23)36-18)33-16-20(13-26(33)34)27(35)32-11-9-31(10-12-32)25-15-22(28-17-29-25)19-5-3-2-4-6-19/h2-8,14-15,17,20H,9-13,16H2,1H3. The first-order valence-electron chi connectivity index (χ1n) is 12.1. The van der Waals surface area contributed by atoms with E-state index >= 15 is 0 Å². The number of carbonyl (C=O) groups is 2. The lowest BCUT2D eigenvalue weighted by Crippen LogP contribution is -2.51. The van der Waals surface area contributed by atoms with E-state index in [1.54, 1.807) is 22.6 Å². The van der Waals surface area contributed by atoms with E-state index in [1.807, 2.05) is 66.4 Å². The summed E-state index contributed by atoms with van der Waals surface area (Å²) in [6, 6.07) is 18.0. The molecule has 4 heterocycles. The predicted molar refractivity (Wildman–Crippen MR) is 141 cm³/mol. The number of rotatable bonds is 4. The summed E-state index contributed by atoms with van der Waals surface area (Å²) < 4.78 is 1.10. The lowest BCUT2D eigenvalue weighted by atomic mass is 10.1. The number of hydrogen-bond acceptors (Lipinski definition) is 7. The molecule has 2 fully saturated rings. The van der Waals surface area contributed by atoms with E-state index in [-0.39, 0.29) is 24.2 Å². The third-order valence-electron chi connectivity index (χ3n) is 6.90. The van der Waals surface area contributed by atoms with Crippen LogP contribution < -0.4 is 9.80 Å². The molecule has 2 aliphatic rings. The third kappa shape index (κ3) is 4.30. The summed E-state index contributed by atoms with van der Waals surface area (Å²) in [5, 5.41) is 1.00. The molecule has 0 aliphatic carbocycles. The average molecular weight is 499 g/mol. The van der Waals surface area contributed by atoms with Gasteiger partial charge in [0.25, 0.3) is 0 Å². The number of benzene rings is 2. The van der Waals surface area contributed by atoms with Crippen molar-refractivity contribution in [2.45, 2.75) is 13.3 Å². The van der Waals surface area contributed by atoms with Crippen LogP contribution in [-0.2, 0) is 9.59 Å². The fourth-order valence-electron chi connectivity index (χ4n) is 5.02. The van der Waals surface area contributed by atoms with Crippen LogP contribution in [0.25, 0.3) is 21.5 Å². The van der Waals surface area contributed by atoms with Gasteiger partial charge in [0.15, 0.2) is 0 Å². The third-order valence-corrected chi connectivity index (χ3v) is 7.85. The van der Waals surface area contributed by atoms with Crippen molar-refractivity contribution in [3.05, 3.63) is 65.9 Å². The maximum atomic E-state index is 13.3. The molecule has 0 bridgehead atoms.